The molecule has 8 heteroatoms. The predicted octanol–water partition coefficient (Wildman–Crippen LogP) is 5.64. The molecule has 39 heavy (non-hydrogen) atoms. The Morgan fingerprint density at radius 3 is 2.36 bits per heavy atom. The summed E-state index contributed by atoms with van der Waals surface area (Å²) in [5, 5.41) is 0. The third-order valence-corrected chi connectivity index (χ3v) is 7.53. The number of hydrogen-bond acceptors (Lipinski definition) is 8. The van der Waals surface area contributed by atoms with Gasteiger partial charge in [-0.1, -0.05) is 31.5 Å². The second-order valence-electron chi connectivity index (χ2n) is 9.82. The summed E-state index contributed by atoms with van der Waals surface area (Å²) < 4.78 is 27.9. The summed E-state index contributed by atoms with van der Waals surface area (Å²) in [5.74, 6) is 0.389. The highest BCUT2D eigenvalue weighted by Crippen LogP contribution is 2.50. The van der Waals surface area contributed by atoms with Gasteiger partial charge >= 0.3 is 5.97 Å². The first-order valence-corrected chi connectivity index (χ1v) is 13.3. The van der Waals surface area contributed by atoms with Gasteiger partial charge in [0.15, 0.2) is 28.8 Å². The number of para-hydroxylation sites is 1. The highest BCUT2D eigenvalue weighted by molar-refractivity contribution is 6.09. The Bertz CT molecular complexity index is 1300. The molecule has 2 aromatic rings. The fourth-order valence-electron chi connectivity index (χ4n) is 5.61. The molecule has 0 N–H and O–H groups in total. The Balaban J connectivity index is 1.81. The summed E-state index contributed by atoms with van der Waals surface area (Å²) in [7, 11) is 6.31. The fraction of sp³-hybridized carbons (Fsp3) is 0.452. The van der Waals surface area contributed by atoms with E-state index in [0.717, 1.165) is 18.4 Å². The lowest BCUT2D eigenvalue weighted by Gasteiger charge is -2.37. The van der Waals surface area contributed by atoms with Crippen LogP contribution in [0.1, 0.15) is 62.5 Å². The molecule has 4 rings (SSSR count). The van der Waals surface area contributed by atoms with E-state index in [1.165, 1.54) is 0 Å². The smallest absolute Gasteiger partial charge is 0.315 e. The summed E-state index contributed by atoms with van der Waals surface area (Å²) in [4.78, 5) is 32.3. The van der Waals surface area contributed by atoms with Crippen LogP contribution in [-0.2, 0) is 14.3 Å². The number of ketones is 1. The number of methoxy groups -OCH3 is 4. The van der Waals surface area contributed by atoms with Crippen molar-refractivity contribution in [3.05, 3.63) is 58.8 Å². The molecule has 208 valence electrons. The molecule has 0 spiro atoms. The van der Waals surface area contributed by atoms with E-state index in [1.54, 1.807) is 34.5 Å². The SMILES string of the molecule is CCCCOC(=O)C1C(C)=NC2=C(C(=O)C[C@@H](c3ccc(OC)c(OC)c3)C2)[C@H]1c1cccc(OC)c1OC. The Labute approximate surface area is 230 Å². The topological polar surface area (TPSA) is 92.7 Å². The molecule has 1 unspecified atom stereocenters. The number of allylic oxidation sites excluding steroid dienone is 2. The first-order valence-electron chi connectivity index (χ1n) is 13.3. The number of aliphatic imine (C=N–C) groups is 1. The number of ether oxygens (including phenoxy) is 5. The van der Waals surface area contributed by atoms with Gasteiger partial charge in [-0.2, -0.15) is 0 Å². The van der Waals surface area contributed by atoms with Gasteiger partial charge in [0.1, 0.15) is 5.92 Å². The molecule has 0 fully saturated rings. The number of unbranched alkanes of at least 4 members (excludes halogenated alkanes) is 1. The normalized spacial score (nSPS) is 20.6. The van der Waals surface area contributed by atoms with E-state index in [9.17, 15) is 9.59 Å². The first-order chi connectivity index (χ1) is 18.9. The van der Waals surface area contributed by atoms with Crippen molar-refractivity contribution in [3.63, 3.8) is 0 Å². The molecule has 8 nitrogen and oxygen atoms in total. The van der Waals surface area contributed by atoms with Crippen molar-refractivity contribution in [2.75, 3.05) is 35.0 Å². The number of hydrogen-bond donors (Lipinski definition) is 0. The molecular formula is C31H37NO7. The summed E-state index contributed by atoms with van der Waals surface area (Å²) in [6.45, 7) is 4.19. The van der Waals surface area contributed by atoms with Crippen LogP contribution in [0, 0.1) is 5.92 Å². The second kappa shape index (κ2) is 12.4. The standard InChI is InChI=1S/C31H37NO7/c1-7-8-14-39-31(34)27-18(2)32-22-15-20(19-12-13-24(35-3)26(17-19)37-5)16-23(33)29(22)28(27)21-10-9-11-25(36-4)30(21)38-6/h9-13,17,20,27-28H,7-8,14-16H2,1-6H3/t20-,27?,28-/m0/s1. The monoisotopic (exact) mass is 535 g/mol. The lowest BCUT2D eigenvalue weighted by molar-refractivity contribution is -0.146. The minimum absolute atomic E-state index is 0.0477. The highest BCUT2D eigenvalue weighted by Gasteiger charge is 2.46. The molecule has 2 aliphatic rings. The average Bonchev–Trinajstić information content (AvgIpc) is 2.95. The minimum Gasteiger partial charge on any atom is -0.493 e. The second-order valence-corrected chi connectivity index (χ2v) is 9.82. The van der Waals surface area contributed by atoms with Gasteiger partial charge in [0.05, 0.1) is 35.0 Å². The Kier molecular flexibility index (Phi) is 8.94. The van der Waals surface area contributed by atoms with Crippen molar-refractivity contribution in [2.24, 2.45) is 10.9 Å². The van der Waals surface area contributed by atoms with Crippen molar-refractivity contribution < 1.29 is 33.3 Å². The van der Waals surface area contributed by atoms with Crippen LogP contribution in [0.4, 0.5) is 0 Å². The zero-order chi connectivity index (χ0) is 28.1. The molecule has 0 saturated heterocycles. The highest BCUT2D eigenvalue weighted by atomic mass is 16.5. The van der Waals surface area contributed by atoms with Crippen molar-refractivity contribution in [3.8, 4) is 23.0 Å². The molecule has 0 amide bonds. The third-order valence-electron chi connectivity index (χ3n) is 7.53. The van der Waals surface area contributed by atoms with Gasteiger partial charge in [0.25, 0.3) is 0 Å². The van der Waals surface area contributed by atoms with Crippen LogP contribution in [0.15, 0.2) is 52.7 Å². The van der Waals surface area contributed by atoms with Crippen LogP contribution in [0.5, 0.6) is 23.0 Å². The van der Waals surface area contributed by atoms with Gasteiger partial charge in [-0.25, -0.2) is 0 Å². The predicted molar refractivity (Wildman–Crippen MR) is 148 cm³/mol. The van der Waals surface area contributed by atoms with E-state index in [2.05, 4.69) is 0 Å². The maximum Gasteiger partial charge on any atom is 0.315 e. The van der Waals surface area contributed by atoms with Gasteiger partial charge in [-0.3, -0.25) is 14.6 Å². The molecular weight excluding hydrogens is 498 g/mol. The van der Waals surface area contributed by atoms with E-state index in [4.69, 9.17) is 28.7 Å². The van der Waals surface area contributed by atoms with Crippen LogP contribution in [0.2, 0.25) is 0 Å². The molecule has 3 atom stereocenters. The maximum atomic E-state index is 14.0. The van der Waals surface area contributed by atoms with Gasteiger partial charge in [0.2, 0.25) is 0 Å². The van der Waals surface area contributed by atoms with E-state index in [-0.39, 0.29) is 24.1 Å². The number of esters is 1. The molecule has 2 aromatic carbocycles. The Morgan fingerprint density at radius 2 is 1.69 bits per heavy atom. The van der Waals surface area contributed by atoms with Crippen molar-refractivity contribution in [2.45, 2.75) is 51.4 Å². The summed E-state index contributed by atoms with van der Waals surface area (Å²) in [6, 6.07) is 11.3. The molecule has 1 aliphatic heterocycles. The first kappa shape index (κ1) is 28.2. The van der Waals surface area contributed by atoms with Crippen LogP contribution in [0.25, 0.3) is 0 Å². The number of carbonyl (C=O) groups is 2. The van der Waals surface area contributed by atoms with Gasteiger partial charge < -0.3 is 23.7 Å². The van der Waals surface area contributed by atoms with E-state index >= 15 is 0 Å². The third kappa shape index (κ3) is 5.51. The fourth-order valence-corrected chi connectivity index (χ4v) is 5.61. The minimum atomic E-state index is -0.747. The van der Waals surface area contributed by atoms with E-state index < -0.39 is 11.8 Å². The largest absolute Gasteiger partial charge is 0.493 e. The number of nitrogens with zero attached hydrogens (tertiary/aromatic N) is 1. The van der Waals surface area contributed by atoms with E-state index in [0.29, 0.717) is 58.6 Å². The lowest BCUT2D eigenvalue weighted by atomic mass is 9.69. The van der Waals surface area contributed by atoms with Gasteiger partial charge in [-0.05, 0) is 49.4 Å². The van der Waals surface area contributed by atoms with E-state index in [1.807, 2.05) is 44.2 Å². The summed E-state index contributed by atoms with van der Waals surface area (Å²) in [5.41, 5.74) is 3.52. The number of benzene rings is 2. The number of Topliss-reactive ketones (excluding diaryl/α,β-unsaturated/α-hetero) is 1. The molecule has 1 heterocycles. The van der Waals surface area contributed by atoms with Gasteiger partial charge in [-0.15, -0.1) is 0 Å². The van der Waals surface area contributed by atoms with Crippen LogP contribution >= 0.6 is 0 Å². The quantitative estimate of drug-likeness (QED) is 0.287. The lowest BCUT2D eigenvalue weighted by Crippen LogP contribution is -2.38. The summed E-state index contributed by atoms with van der Waals surface area (Å²) in [6.07, 6.45) is 2.50. The maximum absolute atomic E-state index is 14.0. The summed E-state index contributed by atoms with van der Waals surface area (Å²) >= 11 is 0. The number of carbonyl (C=O) groups excluding carboxylic acids is 2. The molecule has 0 radical (unpaired) electrons. The molecule has 0 bridgehead atoms. The molecule has 1 aliphatic carbocycles. The Morgan fingerprint density at radius 1 is 0.949 bits per heavy atom. The molecule has 0 aromatic heterocycles. The van der Waals surface area contributed by atoms with Crippen LogP contribution in [0.3, 0.4) is 0 Å². The molecule has 0 saturated carbocycles. The van der Waals surface area contributed by atoms with Crippen LogP contribution in [-0.4, -0.2) is 52.5 Å². The number of rotatable bonds is 10. The van der Waals surface area contributed by atoms with Crippen LogP contribution < -0.4 is 18.9 Å². The Hall–Kier alpha value is -3.81. The zero-order valence-corrected chi connectivity index (χ0v) is 23.5. The van der Waals surface area contributed by atoms with Crippen molar-refractivity contribution in [1.29, 1.82) is 0 Å². The average molecular weight is 536 g/mol. The van der Waals surface area contributed by atoms with Crippen molar-refractivity contribution >= 4 is 17.5 Å². The zero-order valence-electron chi connectivity index (χ0n) is 23.5. The van der Waals surface area contributed by atoms with Gasteiger partial charge in [0, 0.05) is 34.9 Å². The van der Waals surface area contributed by atoms with Crippen molar-refractivity contribution in [1.82, 2.24) is 0 Å².